The number of amides is 2. The number of aryl methyl sites for hydroxylation is 1. The second-order valence-corrected chi connectivity index (χ2v) is 9.74. The molecule has 1 fully saturated rings. The Morgan fingerprint density at radius 3 is 2.54 bits per heavy atom. The smallest absolute Gasteiger partial charge is 0.253 e. The zero-order valence-corrected chi connectivity index (χ0v) is 21.0. The largest absolute Gasteiger partial charge is 0.454 e. The number of aromatic nitrogens is 1. The molecule has 2 amide bonds. The van der Waals surface area contributed by atoms with E-state index in [0.717, 1.165) is 40.0 Å². The Bertz CT molecular complexity index is 1250. The predicted molar refractivity (Wildman–Crippen MR) is 135 cm³/mol. The molecule has 0 saturated carbocycles. The van der Waals surface area contributed by atoms with Gasteiger partial charge < -0.3 is 19.7 Å². The van der Waals surface area contributed by atoms with E-state index in [0.29, 0.717) is 36.5 Å². The number of fused-ring (bicyclic) bond motifs is 1. The van der Waals surface area contributed by atoms with Gasteiger partial charge in [-0.25, -0.2) is 0 Å². The lowest BCUT2D eigenvalue weighted by atomic mass is 9.89. The molecular weight excluding hydrogens is 510 g/mol. The molecule has 0 atom stereocenters. The summed E-state index contributed by atoms with van der Waals surface area (Å²) in [5, 5.41) is 3.01. The number of hydrogen-bond donors (Lipinski definition) is 1. The minimum Gasteiger partial charge on any atom is -0.454 e. The molecule has 0 aliphatic carbocycles. The van der Waals surface area contributed by atoms with Gasteiger partial charge >= 0.3 is 0 Å². The number of benzene rings is 2. The number of likely N-dealkylation sites (tertiary alicyclic amines) is 1. The van der Waals surface area contributed by atoms with Crippen LogP contribution in [0.2, 0.25) is 0 Å². The van der Waals surface area contributed by atoms with E-state index >= 15 is 0 Å². The SMILES string of the molecule is Cc1ccc(C(=O)NCc2ccc3c(c2)OCO3)c(C2CCN(C(=O)c3ccc(Br)cc3)CC2)n1. The highest BCUT2D eigenvalue weighted by Crippen LogP contribution is 2.33. The van der Waals surface area contributed by atoms with Crippen molar-refractivity contribution in [3.8, 4) is 11.5 Å². The molecule has 0 unspecified atom stereocenters. The van der Waals surface area contributed by atoms with Gasteiger partial charge in [-0.15, -0.1) is 0 Å². The Morgan fingerprint density at radius 2 is 1.77 bits per heavy atom. The van der Waals surface area contributed by atoms with Gasteiger partial charge in [0.15, 0.2) is 11.5 Å². The van der Waals surface area contributed by atoms with E-state index in [1.807, 2.05) is 66.4 Å². The molecule has 2 aliphatic rings. The quantitative estimate of drug-likeness (QED) is 0.506. The maximum absolute atomic E-state index is 13.1. The topological polar surface area (TPSA) is 80.8 Å². The molecule has 1 saturated heterocycles. The van der Waals surface area contributed by atoms with Crippen molar-refractivity contribution < 1.29 is 19.1 Å². The number of piperidine rings is 1. The summed E-state index contributed by atoms with van der Waals surface area (Å²) >= 11 is 3.41. The third-order valence-electron chi connectivity index (χ3n) is 6.46. The van der Waals surface area contributed by atoms with E-state index in [9.17, 15) is 9.59 Å². The summed E-state index contributed by atoms with van der Waals surface area (Å²) in [6, 6.07) is 16.8. The number of rotatable bonds is 5. The Labute approximate surface area is 212 Å². The van der Waals surface area contributed by atoms with Crippen LogP contribution < -0.4 is 14.8 Å². The minimum atomic E-state index is -0.154. The number of carbonyl (C=O) groups excluding carboxylic acids is 2. The Hall–Kier alpha value is -3.39. The van der Waals surface area contributed by atoms with Crippen LogP contribution in [0.1, 0.15) is 56.4 Å². The lowest BCUT2D eigenvalue weighted by molar-refractivity contribution is 0.0710. The average molecular weight is 536 g/mol. The first kappa shape index (κ1) is 23.4. The molecule has 3 heterocycles. The maximum atomic E-state index is 13.1. The first-order valence-electron chi connectivity index (χ1n) is 11.7. The van der Waals surface area contributed by atoms with Crippen LogP contribution in [-0.4, -0.2) is 41.6 Å². The predicted octanol–water partition coefficient (Wildman–Crippen LogP) is 4.83. The number of pyridine rings is 1. The summed E-state index contributed by atoms with van der Waals surface area (Å²) < 4.78 is 11.7. The van der Waals surface area contributed by atoms with Crippen molar-refractivity contribution in [1.29, 1.82) is 0 Å². The molecule has 1 N–H and O–H groups in total. The van der Waals surface area contributed by atoms with Gasteiger partial charge in [0.2, 0.25) is 6.79 Å². The van der Waals surface area contributed by atoms with Crippen molar-refractivity contribution in [3.05, 3.63) is 87.1 Å². The van der Waals surface area contributed by atoms with Gasteiger partial charge in [0, 0.05) is 41.3 Å². The third-order valence-corrected chi connectivity index (χ3v) is 6.99. The minimum absolute atomic E-state index is 0.0369. The Morgan fingerprint density at radius 1 is 1.03 bits per heavy atom. The van der Waals surface area contributed by atoms with Crippen LogP contribution in [0, 0.1) is 6.92 Å². The molecule has 7 nitrogen and oxygen atoms in total. The molecule has 0 bridgehead atoms. The second kappa shape index (κ2) is 10.1. The lowest BCUT2D eigenvalue weighted by Gasteiger charge is -2.32. The van der Waals surface area contributed by atoms with E-state index in [2.05, 4.69) is 21.2 Å². The van der Waals surface area contributed by atoms with Gasteiger partial charge in [0.25, 0.3) is 11.8 Å². The van der Waals surface area contributed by atoms with Gasteiger partial charge in [-0.1, -0.05) is 22.0 Å². The molecule has 5 rings (SSSR count). The Balaban J connectivity index is 1.25. The van der Waals surface area contributed by atoms with Crippen molar-refractivity contribution in [3.63, 3.8) is 0 Å². The maximum Gasteiger partial charge on any atom is 0.253 e. The molecule has 1 aromatic heterocycles. The van der Waals surface area contributed by atoms with Gasteiger partial charge in [0.1, 0.15) is 0 Å². The summed E-state index contributed by atoms with van der Waals surface area (Å²) in [4.78, 5) is 32.7. The fourth-order valence-electron chi connectivity index (χ4n) is 4.54. The van der Waals surface area contributed by atoms with Crippen LogP contribution in [0.3, 0.4) is 0 Å². The molecule has 2 aromatic carbocycles. The molecular formula is C27H26BrN3O4. The van der Waals surface area contributed by atoms with E-state index in [4.69, 9.17) is 14.5 Å². The molecule has 0 radical (unpaired) electrons. The van der Waals surface area contributed by atoms with E-state index in [1.165, 1.54) is 0 Å². The number of nitrogens with one attached hydrogen (secondary N) is 1. The van der Waals surface area contributed by atoms with E-state index in [1.54, 1.807) is 0 Å². The third kappa shape index (κ3) is 5.17. The van der Waals surface area contributed by atoms with Gasteiger partial charge in [-0.05, 0) is 73.9 Å². The molecule has 8 heteroatoms. The number of hydrogen-bond acceptors (Lipinski definition) is 5. The lowest BCUT2D eigenvalue weighted by Crippen LogP contribution is -2.38. The highest BCUT2D eigenvalue weighted by Gasteiger charge is 2.28. The summed E-state index contributed by atoms with van der Waals surface area (Å²) in [5.41, 5.74) is 3.89. The average Bonchev–Trinajstić information content (AvgIpc) is 3.35. The van der Waals surface area contributed by atoms with Crippen molar-refractivity contribution >= 4 is 27.7 Å². The van der Waals surface area contributed by atoms with Gasteiger partial charge in [-0.3, -0.25) is 14.6 Å². The molecule has 0 spiro atoms. The number of nitrogens with zero attached hydrogens (tertiary/aromatic N) is 2. The van der Waals surface area contributed by atoms with Crippen LogP contribution >= 0.6 is 15.9 Å². The zero-order chi connectivity index (χ0) is 24.4. The van der Waals surface area contributed by atoms with E-state index in [-0.39, 0.29) is 24.5 Å². The Kier molecular flexibility index (Phi) is 6.72. The van der Waals surface area contributed by atoms with Crippen LogP contribution in [0.4, 0.5) is 0 Å². The van der Waals surface area contributed by atoms with Gasteiger partial charge in [0.05, 0.1) is 11.3 Å². The first-order valence-corrected chi connectivity index (χ1v) is 12.5. The summed E-state index contributed by atoms with van der Waals surface area (Å²) in [6.07, 6.45) is 1.53. The summed E-state index contributed by atoms with van der Waals surface area (Å²) in [5.74, 6) is 1.41. The highest BCUT2D eigenvalue weighted by molar-refractivity contribution is 9.10. The van der Waals surface area contributed by atoms with Gasteiger partial charge in [-0.2, -0.15) is 0 Å². The zero-order valence-electron chi connectivity index (χ0n) is 19.4. The molecule has 35 heavy (non-hydrogen) atoms. The monoisotopic (exact) mass is 535 g/mol. The summed E-state index contributed by atoms with van der Waals surface area (Å²) in [6.45, 7) is 3.80. The van der Waals surface area contributed by atoms with Crippen molar-refractivity contribution in [2.75, 3.05) is 19.9 Å². The fourth-order valence-corrected chi connectivity index (χ4v) is 4.80. The van der Waals surface area contributed by atoms with Crippen molar-refractivity contribution in [1.82, 2.24) is 15.2 Å². The first-order chi connectivity index (χ1) is 17.0. The number of ether oxygens (including phenoxy) is 2. The van der Waals surface area contributed by atoms with Crippen LogP contribution in [0.5, 0.6) is 11.5 Å². The van der Waals surface area contributed by atoms with Crippen molar-refractivity contribution in [2.45, 2.75) is 32.2 Å². The van der Waals surface area contributed by atoms with Crippen molar-refractivity contribution in [2.24, 2.45) is 0 Å². The number of carbonyl (C=O) groups is 2. The fraction of sp³-hybridized carbons (Fsp3) is 0.296. The standard InChI is InChI=1S/C27H26BrN3O4/c1-17-2-8-22(26(32)29-15-18-3-9-23-24(14-18)35-16-34-23)25(30-17)19-10-12-31(13-11-19)27(33)20-4-6-21(28)7-5-20/h2-9,14,19H,10-13,15-16H2,1H3,(H,29,32). The van der Waals surface area contributed by atoms with Crippen LogP contribution in [0.15, 0.2) is 59.1 Å². The molecule has 2 aliphatic heterocycles. The molecule has 3 aromatic rings. The van der Waals surface area contributed by atoms with Crippen LogP contribution in [0.25, 0.3) is 0 Å². The number of halogens is 1. The van der Waals surface area contributed by atoms with Crippen LogP contribution in [-0.2, 0) is 6.54 Å². The second-order valence-electron chi connectivity index (χ2n) is 8.83. The molecule has 180 valence electrons. The van der Waals surface area contributed by atoms with E-state index < -0.39 is 0 Å². The normalized spacial score (nSPS) is 15.2. The summed E-state index contributed by atoms with van der Waals surface area (Å²) in [7, 11) is 0. The highest BCUT2D eigenvalue weighted by atomic mass is 79.9.